The van der Waals surface area contributed by atoms with Gasteiger partial charge in [0, 0.05) is 13.2 Å². The molecule has 3 rings (SSSR count). The number of hydrogen-bond acceptors (Lipinski definition) is 2. The summed E-state index contributed by atoms with van der Waals surface area (Å²) in [5, 5.41) is 12.3. The Bertz CT molecular complexity index is 653. The van der Waals surface area contributed by atoms with Crippen molar-refractivity contribution >= 4 is 18.7 Å². The average molecular weight is 355 g/mol. The maximum absolute atomic E-state index is 9.61. The average Bonchev–Trinajstić information content (AvgIpc) is 3.27. The molecule has 0 bridgehead atoms. The Morgan fingerprint density at radius 2 is 1.48 bits per heavy atom. The number of aliphatic hydroxyl groups is 1. The predicted octanol–water partition coefficient (Wildman–Crippen LogP) is 3.58. The van der Waals surface area contributed by atoms with E-state index in [-0.39, 0.29) is 17.1 Å². The van der Waals surface area contributed by atoms with Gasteiger partial charge in [0.05, 0.1) is 0 Å². The lowest BCUT2D eigenvalue weighted by Crippen LogP contribution is -2.66. The first kappa shape index (κ1) is 18.4. The number of benzene rings is 2. The van der Waals surface area contributed by atoms with Crippen LogP contribution >= 0.6 is 0 Å². The van der Waals surface area contributed by atoms with Crippen LogP contribution in [-0.2, 0) is 4.43 Å². The second-order valence-electron chi connectivity index (χ2n) is 8.69. The molecule has 134 valence electrons. The van der Waals surface area contributed by atoms with Crippen molar-refractivity contribution in [3.8, 4) is 0 Å². The van der Waals surface area contributed by atoms with E-state index in [9.17, 15) is 5.11 Å². The third kappa shape index (κ3) is 3.33. The Morgan fingerprint density at radius 1 is 1.00 bits per heavy atom. The SMILES string of the molecule is CC(C)(C)[Si](OC[C@@H]1C[C@@]1(C)CO)(c1ccccc1)c1ccccc1. The van der Waals surface area contributed by atoms with E-state index in [1.165, 1.54) is 10.4 Å². The predicted molar refractivity (Wildman–Crippen MR) is 107 cm³/mol. The van der Waals surface area contributed by atoms with Gasteiger partial charge in [0.15, 0.2) is 0 Å². The molecule has 25 heavy (non-hydrogen) atoms. The minimum Gasteiger partial charge on any atom is -0.407 e. The molecule has 2 nitrogen and oxygen atoms in total. The van der Waals surface area contributed by atoms with Crippen LogP contribution in [0.4, 0.5) is 0 Å². The van der Waals surface area contributed by atoms with E-state index in [2.05, 4.69) is 88.4 Å². The Balaban J connectivity index is 2.03. The Morgan fingerprint density at radius 3 is 1.84 bits per heavy atom. The van der Waals surface area contributed by atoms with Crippen molar-refractivity contribution in [3.63, 3.8) is 0 Å². The first-order chi connectivity index (χ1) is 11.8. The molecular weight excluding hydrogens is 324 g/mol. The smallest absolute Gasteiger partial charge is 0.261 e. The summed E-state index contributed by atoms with van der Waals surface area (Å²) in [6, 6.07) is 21.5. The van der Waals surface area contributed by atoms with E-state index in [0.717, 1.165) is 13.0 Å². The zero-order chi connectivity index (χ0) is 18.1. The van der Waals surface area contributed by atoms with Crippen LogP contribution in [0.25, 0.3) is 0 Å². The molecule has 1 aliphatic rings. The van der Waals surface area contributed by atoms with E-state index >= 15 is 0 Å². The zero-order valence-corrected chi connectivity index (χ0v) is 16.8. The highest BCUT2D eigenvalue weighted by Crippen LogP contribution is 2.52. The molecule has 0 radical (unpaired) electrons. The standard InChI is InChI=1S/C22H30O2Si/c1-21(2,3)25(19-11-7-5-8-12-19,20-13-9-6-10-14-20)24-16-18-15-22(18,4)17-23/h5-14,18,23H,15-17H2,1-4H3/t18-,22-/m0/s1. The van der Waals surface area contributed by atoms with Gasteiger partial charge in [0.2, 0.25) is 0 Å². The summed E-state index contributed by atoms with van der Waals surface area (Å²) in [6.45, 7) is 10.0. The maximum Gasteiger partial charge on any atom is 0.261 e. The van der Waals surface area contributed by atoms with Crippen molar-refractivity contribution in [3.05, 3.63) is 60.7 Å². The highest BCUT2D eigenvalue weighted by atomic mass is 28.4. The van der Waals surface area contributed by atoms with Gasteiger partial charge in [0.1, 0.15) is 0 Å². The molecule has 1 aliphatic carbocycles. The van der Waals surface area contributed by atoms with Crippen molar-refractivity contribution in [1.29, 1.82) is 0 Å². The lowest BCUT2D eigenvalue weighted by atomic mass is 10.1. The highest BCUT2D eigenvalue weighted by Gasteiger charge is 2.54. The van der Waals surface area contributed by atoms with Crippen molar-refractivity contribution in [2.75, 3.05) is 13.2 Å². The zero-order valence-electron chi connectivity index (χ0n) is 15.8. The van der Waals surface area contributed by atoms with Gasteiger partial charge in [-0.2, -0.15) is 0 Å². The highest BCUT2D eigenvalue weighted by molar-refractivity contribution is 6.99. The van der Waals surface area contributed by atoms with Crippen LogP contribution in [0.3, 0.4) is 0 Å². The number of rotatable bonds is 6. The summed E-state index contributed by atoms with van der Waals surface area (Å²) in [6.07, 6.45) is 1.06. The van der Waals surface area contributed by atoms with Gasteiger partial charge >= 0.3 is 0 Å². The molecule has 0 saturated heterocycles. The van der Waals surface area contributed by atoms with Crippen LogP contribution in [0.1, 0.15) is 34.1 Å². The van der Waals surface area contributed by atoms with Crippen LogP contribution < -0.4 is 10.4 Å². The fourth-order valence-electron chi connectivity index (χ4n) is 3.94. The number of aliphatic hydroxyl groups excluding tert-OH is 1. The second kappa shape index (κ2) is 6.71. The summed E-state index contributed by atoms with van der Waals surface area (Å²) in [5.74, 6) is 0.458. The summed E-state index contributed by atoms with van der Waals surface area (Å²) in [5.41, 5.74) is 0.0470. The van der Waals surface area contributed by atoms with Crippen LogP contribution in [0, 0.1) is 11.3 Å². The van der Waals surface area contributed by atoms with Gasteiger partial charge in [-0.15, -0.1) is 0 Å². The molecule has 0 amide bonds. The van der Waals surface area contributed by atoms with Gasteiger partial charge in [0.25, 0.3) is 8.32 Å². The van der Waals surface area contributed by atoms with E-state index in [0.29, 0.717) is 5.92 Å². The molecule has 0 aromatic heterocycles. The lowest BCUT2D eigenvalue weighted by Gasteiger charge is -2.43. The Kier molecular flexibility index (Phi) is 4.93. The van der Waals surface area contributed by atoms with Crippen molar-refractivity contribution in [2.45, 2.75) is 39.2 Å². The Labute approximate surface area is 153 Å². The Hall–Kier alpha value is -1.42. The third-order valence-corrected chi connectivity index (χ3v) is 10.8. The monoisotopic (exact) mass is 354 g/mol. The first-order valence-corrected chi connectivity index (χ1v) is 11.1. The molecule has 1 saturated carbocycles. The van der Waals surface area contributed by atoms with Gasteiger partial charge < -0.3 is 9.53 Å². The van der Waals surface area contributed by atoms with Crippen LogP contribution in [0.2, 0.25) is 5.04 Å². The van der Waals surface area contributed by atoms with Crippen LogP contribution in [0.5, 0.6) is 0 Å². The van der Waals surface area contributed by atoms with E-state index in [1.807, 2.05) is 0 Å². The topological polar surface area (TPSA) is 29.5 Å². The fraction of sp³-hybridized carbons (Fsp3) is 0.455. The normalized spacial score (nSPS) is 23.5. The first-order valence-electron chi connectivity index (χ1n) is 9.19. The summed E-state index contributed by atoms with van der Waals surface area (Å²) in [7, 11) is -2.43. The minimum atomic E-state index is -2.43. The second-order valence-corrected chi connectivity index (χ2v) is 13.0. The van der Waals surface area contributed by atoms with Crippen molar-refractivity contribution in [1.82, 2.24) is 0 Å². The molecule has 3 heteroatoms. The van der Waals surface area contributed by atoms with E-state index in [4.69, 9.17) is 4.43 Å². The van der Waals surface area contributed by atoms with Crippen molar-refractivity contribution < 1.29 is 9.53 Å². The minimum absolute atomic E-state index is 0.0141. The molecule has 0 unspecified atom stereocenters. The quantitative estimate of drug-likeness (QED) is 0.804. The molecule has 1 N–H and O–H groups in total. The van der Waals surface area contributed by atoms with E-state index < -0.39 is 8.32 Å². The lowest BCUT2D eigenvalue weighted by molar-refractivity contribution is 0.188. The molecule has 2 aromatic carbocycles. The summed E-state index contributed by atoms with van der Waals surface area (Å²) in [4.78, 5) is 0. The van der Waals surface area contributed by atoms with Crippen LogP contribution in [0.15, 0.2) is 60.7 Å². The largest absolute Gasteiger partial charge is 0.407 e. The van der Waals surface area contributed by atoms with Crippen molar-refractivity contribution in [2.24, 2.45) is 11.3 Å². The van der Waals surface area contributed by atoms with Crippen LogP contribution in [-0.4, -0.2) is 26.6 Å². The summed E-state index contributed by atoms with van der Waals surface area (Å²) < 4.78 is 6.92. The third-order valence-electron chi connectivity index (χ3n) is 5.82. The summed E-state index contributed by atoms with van der Waals surface area (Å²) >= 11 is 0. The number of hydrogen-bond donors (Lipinski definition) is 1. The molecule has 2 atom stereocenters. The molecule has 2 aromatic rings. The maximum atomic E-state index is 9.61. The van der Waals surface area contributed by atoms with Gasteiger partial charge in [-0.1, -0.05) is 88.4 Å². The molecule has 0 heterocycles. The van der Waals surface area contributed by atoms with Gasteiger partial charge in [-0.25, -0.2) is 0 Å². The molecule has 0 spiro atoms. The van der Waals surface area contributed by atoms with E-state index in [1.54, 1.807) is 0 Å². The molecule has 0 aliphatic heterocycles. The fourth-order valence-corrected chi connectivity index (χ4v) is 8.55. The van der Waals surface area contributed by atoms with Gasteiger partial charge in [-0.05, 0) is 33.2 Å². The molecule has 1 fully saturated rings. The molecular formula is C22H30O2Si. The van der Waals surface area contributed by atoms with Gasteiger partial charge in [-0.3, -0.25) is 0 Å².